The Hall–Kier alpha value is -1.36. The highest BCUT2D eigenvalue weighted by Crippen LogP contribution is 2.25. The number of hydrogen-bond donors (Lipinski definition) is 2. The number of nitrogens with zero attached hydrogens (tertiary/aromatic N) is 2. The Balaban J connectivity index is 2.79. The molecule has 126 valence electrons. The standard InChI is InChI=1S/C17H31N3O2/c1-11(2)14(21)17(7,8)10-18-15(22)13-9-12(3)20(19-13)16(4,5)6/h9,11,14,21H,10H2,1-8H3,(H,18,22). The molecule has 1 aromatic heterocycles. The second kappa shape index (κ2) is 6.41. The van der Waals surface area contributed by atoms with E-state index in [1.807, 2.05) is 39.3 Å². The molecule has 0 aliphatic carbocycles. The topological polar surface area (TPSA) is 67.2 Å². The van der Waals surface area contributed by atoms with E-state index in [2.05, 4.69) is 31.2 Å². The number of rotatable bonds is 5. The number of nitrogens with one attached hydrogen (secondary N) is 1. The molecule has 1 aromatic rings. The van der Waals surface area contributed by atoms with Gasteiger partial charge in [-0.2, -0.15) is 5.10 Å². The minimum Gasteiger partial charge on any atom is -0.392 e. The maximum atomic E-state index is 12.3. The van der Waals surface area contributed by atoms with Gasteiger partial charge in [0, 0.05) is 17.7 Å². The van der Waals surface area contributed by atoms with Gasteiger partial charge in [0.15, 0.2) is 0 Å². The minimum absolute atomic E-state index is 0.147. The predicted molar refractivity (Wildman–Crippen MR) is 88.9 cm³/mol. The fraction of sp³-hybridized carbons (Fsp3) is 0.765. The first kappa shape index (κ1) is 18.7. The lowest BCUT2D eigenvalue weighted by Gasteiger charge is -2.33. The van der Waals surface area contributed by atoms with Crippen LogP contribution in [0, 0.1) is 18.3 Å². The molecule has 0 aliphatic heterocycles. The van der Waals surface area contributed by atoms with Gasteiger partial charge in [0.05, 0.1) is 11.6 Å². The quantitative estimate of drug-likeness (QED) is 0.879. The van der Waals surface area contributed by atoms with Crippen LogP contribution in [0.15, 0.2) is 6.07 Å². The zero-order chi connectivity index (χ0) is 17.3. The first-order chi connectivity index (χ1) is 9.86. The number of aryl methyl sites for hydroxylation is 1. The van der Waals surface area contributed by atoms with E-state index in [1.165, 1.54) is 0 Å². The highest BCUT2D eigenvalue weighted by molar-refractivity contribution is 5.92. The van der Waals surface area contributed by atoms with Crippen LogP contribution in [0.4, 0.5) is 0 Å². The molecule has 0 aliphatic rings. The van der Waals surface area contributed by atoms with E-state index in [-0.39, 0.29) is 22.8 Å². The van der Waals surface area contributed by atoms with Gasteiger partial charge < -0.3 is 10.4 Å². The molecule has 1 atom stereocenters. The van der Waals surface area contributed by atoms with Crippen LogP contribution in [-0.2, 0) is 5.54 Å². The Labute approximate surface area is 134 Å². The van der Waals surface area contributed by atoms with Gasteiger partial charge in [-0.3, -0.25) is 9.48 Å². The van der Waals surface area contributed by atoms with Crippen molar-refractivity contribution in [3.8, 4) is 0 Å². The van der Waals surface area contributed by atoms with E-state index < -0.39 is 6.10 Å². The molecule has 0 spiro atoms. The van der Waals surface area contributed by atoms with Crippen molar-refractivity contribution in [2.45, 2.75) is 67.0 Å². The third-order valence-electron chi connectivity index (χ3n) is 3.89. The number of carbonyl (C=O) groups is 1. The molecule has 0 saturated heterocycles. The monoisotopic (exact) mass is 309 g/mol. The summed E-state index contributed by atoms with van der Waals surface area (Å²) in [5, 5.41) is 17.5. The molecule has 1 unspecified atom stereocenters. The molecule has 0 fully saturated rings. The van der Waals surface area contributed by atoms with Crippen molar-refractivity contribution in [2.75, 3.05) is 6.54 Å². The number of aliphatic hydroxyl groups excluding tert-OH is 1. The first-order valence-electron chi connectivity index (χ1n) is 7.89. The summed E-state index contributed by atoms with van der Waals surface area (Å²) in [5.41, 5.74) is 0.836. The van der Waals surface area contributed by atoms with Crippen molar-refractivity contribution in [1.29, 1.82) is 0 Å². The maximum Gasteiger partial charge on any atom is 0.271 e. The molecule has 0 saturated carbocycles. The highest BCUT2D eigenvalue weighted by atomic mass is 16.3. The van der Waals surface area contributed by atoms with Crippen molar-refractivity contribution in [3.63, 3.8) is 0 Å². The lowest BCUT2D eigenvalue weighted by molar-refractivity contribution is 0.0138. The van der Waals surface area contributed by atoms with Gasteiger partial charge in [0.25, 0.3) is 5.91 Å². The molecular formula is C17H31N3O2. The average Bonchev–Trinajstić information content (AvgIpc) is 2.77. The minimum atomic E-state index is -0.471. The Morgan fingerprint density at radius 2 is 1.86 bits per heavy atom. The molecule has 1 rings (SSSR count). The van der Waals surface area contributed by atoms with E-state index in [4.69, 9.17) is 0 Å². The lowest BCUT2D eigenvalue weighted by atomic mass is 9.80. The summed E-state index contributed by atoms with van der Waals surface area (Å²) in [6.07, 6.45) is -0.471. The molecule has 1 heterocycles. The average molecular weight is 309 g/mol. The fourth-order valence-electron chi connectivity index (χ4n) is 2.67. The van der Waals surface area contributed by atoms with Crippen molar-refractivity contribution in [1.82, 2.24) is 15.1 Å². The molecule has 0 aromatic carbocycles. The van der Waals surface area contributed by atoms with Gasteiger partial charge in [-0.05, 0) is 39.7 Å². The van der Waals surface area contributed by atoms with Gasteiger partial charge in [-0.1, -0.05) is 27.7 Å². The van der Waals surface area contributed by atoms with Crippen molar-refractivity contribution >= 4 is 5.91 Å². The molecular weight excluding hydrogens is 278 g/mol. The third kappa shape index (κ3) is 4.32. The molecule has 5 nitrogen and oxygen atoms in total. The molecule has 22 heavy (non-hydrogen) atoms. The fourth-order valence-corrected chi connectivity index (χ4v) is 2.67. The molecule has 5 heteroatoms. The summed E-state index contributed by atoms with van der Waals surface area (Å²) in [5.74, 6) is -0.0515. The summed E-state index contributed by atoms with van der Waals surface area (Å²) in [4.78, 5) is 12.3. The zero-order valence-corrected chi connectivity index (χ0v) is 15.2. The van der Waals surface area contributed by atoms with Crippen LogP contribution in [0.1, 0.15) is 64.6 Å². The second-order valence-electron chi connectivity index (χ2n) is 8.11. The van der Waals surface area contributed by atoms with E-state index in [1.54, 1.807) is 6.07 Å². The highest BCUT2D eigenvalue weighted by Gasteiger charge is 2.31. The summed E-state index contributed by atoms with van der Waals surface area (Å²) in [6.45, 7) is 16.4. The lowest BCUT2D eigenvalue weighted by Crippen LogP contribution is -2.43. The predicted octanol–water partition coefficient (Wildman–Crippen LogP) is 2.72. The van der Waals surface area contributed by atoms with Crippen LogP contribution >= 0.6 is 0 Å². The zero-order valence-electron chi connectivity index (χ0n) is 15.2. The van der Waals surface area contributed by atoms with Crippen LogP contribution in [0.2, 0.25) is 0 Å². The molecule has 2 N–H and O–H groups in total. The van der Waals surface area contributed by atoms with Gasteiger partial charge in [-0.15, -0.1) is 0 Å². The van der Waals surface area contributed by atoms with Gasteiger partial charge in [-0.25, -0.2) is 0 Å². The van der Waals surface area contributed by atoms with Crippen molar-refractivity contribution < 1.29 is 9.90 Å². The Kier molecular flexibility index (Phi) is 5.44. The summed E-state index contributed by atoms with van der Waals surface area (Å²) in [7, 11) is 0. The SMILES string of the molecule is Cc1cc(C(=O)NCC(C)(C)C(O)C(C)C)nn1C(C)(C)C. The molecule has 0 radical (unpaired) electrons. The molecule has 0 bridgehead atoms. The summed E-state index contributed by atoms with van der Waals surface area (Å²) >= 11 is 0. The maximum absolute atomic E-state index is 12.3. The van der Waals surface area contributed by atoms with Gasteiger partial charge in [0.2, 0.25) is 0 Å². The van der Waals surface area contributed by atoms with E-state index in [0.29, 0.717) is 12.2 Å². The Bertz CT molecular complexity index is 524. The Morgan fingerprint density at radius 3 is 2.27 bits per heavy atom. The van der Waals surface area contributed by atoms with Gasteiger partial charge in [0.1, 0.15) is 5.69 Å². The van der Waals surface area contributed by atoms with Crippen LogP contribution in [0.25, 0.3) is 0 Å². The number of aromatic nitrogens is 2. The smallest absolute Gasteiger partial charge is 0.271 e. The van der Waals surface area contributed by atoms with Crippen LogP contribution in [-0.4, -0.2) is 33.4 Å². The van der Waals surface area contributed by atoms with Crippen LogP contribution < -0.4 is 5.32 Å². The van der Waals surface area contributed by atoms with E-state index in [0.717, 1.165) is 5.69 Å². The summed E-state index contributed by atoms with van der Waals surface area (Å²) < 4.78 is 1.86. The first-order valence-corrected chi connectivity index (χ1v) is 7.89. The number of carbonyl (C=O) groups excluding carboxylic acids is 1. The molecule has 1 amide bonds. The largest absolute Gasteiger partial charge is 0.392 e. The normalized spacial score (nSPS) is 14.3. The number of hydrogen-bond acceptors (Lipinski definition) is 3. The number of amides is 1. The van der Waals surface area contributed by atoms with Crippen LogP contribution in [0.3, 0.4) is 0 Å². The summed E-state index contributed by atoms with van der Waals surface area (Å²) in [6, 6.07) is 1.80. The third-order valence-corrected chi connectivity index (χ3v) is 3.89. The van der Waals surface area contributed by atoms with Crippen molar-refractivity contribution in [3.05, 3.63) is 17.5 Å². The number of aliphatic hydroxyl groups is 1. The van der Waals surface area contributed by atoms with E-state index in [9.17, 15) is 9.90 Å². The Morgan fingerprint density at radius 1 is 1.32 bits per heavy atom. The van der Waals surface area contributed by atoms with Crippen LogP contribution in [0.5, 0.6) is 0 Å². The van der Waals surface area contributed by atoms with Gasteiger partial charge >= 0.3 is 0 Å². The van der Waals surface area contributed by atoms with Crippen molar-refractivity contribution in [2.24, 2.45) is 11.3 Å². The van der Waals surface area contributed by atoms with E-state index >= 15 is 0 Å². The second-order valence-corrected chi connectivity index (χ2v) is 8.11.